The molecule has 2 saturated heterocycles. The largest absolute Gasteiger partial charge is 0.336 e. The maximum absolute atomic E-state index is 12.8. The fraction of sp³-hybridized carbons (Fsp3) is 0.438. The van der Waals surface area contributed by atoms with Crippen LogP contribution in [0, 0.1) is 5.82 Å². The minimum atomic E-state index is -0.264. The van der Waals surface area contributed by atoms with Crippen LogP contribution in [0.5, 0.6) is 0 Å². The van der Waals surface area contributed by atoms with Gasteiger partial charge in [-0.3, -0.25) is 9.69 Å². The molecule has 0 bridgehead atoms. The highest BCUT2D eigenvalue weighted by Gasteiger charge is 2.34. The Bertz CT molecular complexity index is 517. The van der Waals surface area contributed by atoms with E-state index >= 15 is 0 Å². The van der Waals surface area contributed by atoms with Crippen LogP contribution in [0.3, 0.4) is 0 Å². The lowest BCUT2D eigenvalue weighted by atomic mass is 10.1. The summed E-state index contributed by atoms with van der Waals surface area (Å²) in [6.45, 7) is 5.83. The second-order valence-corrected chi connectivity index (χ2v) is 5.57. The van der Waals surface area contributed by atoms with Crippen molar-refractivity contribution >= 4 is 12.0 Å². The van der Waals surface area contributed by atoms with Crippen molar-refractivity contribution in [3.05, 3.63) is 41.7 Å². The number of likely N-dealkylation sites (tertiary alicyclic amines) is 1. The van der Waals surface area contributed by atoms with E-state index in [2.05, 4.69) is 10.2 Å². The topological polar surface area (TPSA) is 35.6 Å². The van der Waals surface area contributed by atoms with Gasteiger partial charge in [0.2, 0.25) is 5.91 Å². The number of nitrogens with one attached hydrogen (secondary N) is 1. The van der Waals surface area contributed by atoms with E-state index in [1.54, 1.807) is 24.3 Å². The summed E-state index contributed by atoms with van der Waals surface area (Å²) in [5.74, 6) is -0.231. The maximum atomic E-state index is 12.8. The van der Waals surface area contributed by atoms with Gasteiger partial charge < -0.3 is 10.2 Å². The van der Waals surface area contributed by atoms with Gasteiger partial charge in [0.25, 0.3) is 0 Å². The number of hydrogen-bond donors (Lipinski definition) is 1. The zero-order chi connectivity index (χ0) is 14.7. The maximum Gasteiger partial charge on any atom is 0.246 e. The fourth-order valence-corrected chi connectivity index (χ4v) is 2.76. The monoisotopic (exact) mass is 289 g/mol. The molecule has 0 aliphatic carbocycles. The zero-order valence-electron chi connectivity index (χ0n) is 12.0. The number of rotatable bonds is 3. The molecule has 1 aromatic carbocycles. The molecule has 2 aliphatic rings. The Kier molecular flexibility index (Phi) is 4.31. The van der Waals surface area contributed by atoms with Crippen molar-refractivity contribution in [3.8, 4) is 0 Å². The van der Waals surface area contributed by atoms with Gasteiger partial charge in [0.15, 0.2) is 0 Å². The second-order valence-electron chi connectivity index (χ2n) is 5.57. The first-order valence-corrected chi connectivity index (χ1v) is 7.40. The lowest BCUT2D eigenvalue weighted by Gasteiger charge is -2.46. The van der Waals surface area contributed by atoms with Gasteiger partial charge in [-0.25, -0.2) is 4.39 Å². The third kappa shape index (κ3) is 3.49. The van der Waals surface area contributed by atoms with E-state index in [-0.39, 0.29) is 11.7 Å². The lowest BCUT2D eigenvalue weighted by Crippen LogP contribution is -2.63. The summed E-state index contributed by atoms with van der Waals surface area (Å²) in [6.07, 6.45) is 3.31. The number of benzene rings is 1. The Morgan fingerprint density at radius 2 is 1.86 bits per heavy atom. The van der Waals surface area contributed by atoms with Crippen LogP contribution in [0.1, 0.15) is 5.56 Å². The molecule has 0 saturated carbocycles. The molecule has 1 aromatic rings. The smallest absolute Gasteiger partial charge is 0.246 e. The van der Waals surface area contributed by atoms with Gasteiger partial charge in [-0.1, -0.05) is 12.1 Å². The van der Waals surface area contributed by atoms with Crippen LogP contribution in [0.2, 0.25) is 0 Å². The molecule has 0 unspecified atom stereocenters. The summed E-state index contributed by atoms with van der Waals surface area (Å²) < 4.78 is 12.8. The predicted molar refractivity (Wildman–Crippen MR) is 80.2 cm³/mol. The fourth-order valence-electron chi connectivity index (χ4n) is 2.76. The quantitative estimate of drug-likeness (QED) is 0.842. The van der Waals surface area contributed by atoms with Crippen molar-refractivity contribution in [2.45, 2.75) is 6.04 Å². The highest BCUT2D eigenvalue weighted by atomic mass is 19.1. The molecule has 0 aromatic heterocycles. The highest BCUT2D eigenvalue weighted by Crippen LogP contribution is 2.16. The molecule has 1 amide bonds. The number of carbonyl (C=O) groups is 1. The number of piperazine rings is 1. The van der Waals surface area contributed by atoms with E-state index in [9.17, 15) is 9.18 Å². The van der Waals surface area contributed by atoms with Gasteiger partial charge in [-0.2, -0.15) is 0 Å². The molecule has 112 valence electrons. The van der Waals surface area contributed by atoms with Crippen molar-refractivity contribution in [2.24, 2.45) is 0 Å². The first kappa shape index (κ1) is 14.2. The van der Waals surface area contributed by atoms with Crippen molar-refractivity contribution in [1.29, 1.82) is 0 Å². The Balaban J connectivity index is 1.47. The summed E-state index contributed by atoms with van der Waals surface area (Å²) in [7, 11) is 0. The molecule has 2 aliphatic heterocycles. The molecule has 2 fully saturated rings. The lowest BCUT2D eigenvalue weighted by molar-refractivity contribution is -0.133. The van der Waals surface area contributed by atoms with E-state index in [1.807, 2.05) is 4.90 Å². The molecule has 2 heterocycles. The molecule has 3 rings (SSSR count). The SMILES string of the molecule is O=C(C=Cc1ccc(F)cc1)N1CC(N2CCNCC2)C1. The van der Waals surface area contributed by atoms with Crippen LogP contribution in [0.15, 0.2) is 30.3 Å². The van der Waals surface area contributed by atoms with Gasteiger partial charge in [-0.05, 0) is 23.8 Å². The molecule has 4 nitrogen and oxygen atoms in total. The molecule has 1 N–H and O–H groups in total. The van der Waals surface area contributed by atoms with Crippen LogP contribution < -0.4 is 5.32 Å². The Labute approximate surface area is 124 Å². The third-order valence-electron chi connectivity index (χ3n) is 4.13. The molecular formula is C16H20FN3O. The third-order valence-corrected chi connectivity index (χ3v) is 4.13. The summed E-state index contributed by atoms with van der Waals surface area (Å²) in [5.41, 5.74) is 0.837. The molecule has 5 heteroatoms. The van der Waals surface area contributed by atoms with Crippen LogP contribution >= 0.6 is 0 Å². The normalized spacial score (nSPS) is 20.7. The first-order valence-electron chi connectivity index (χ1n) is 7.40. The van der Waals surface area contributed by atoms with Crippen molar-refractivity contribution < 1.29 is 9.18 Å². The minimum absolute atomic E-state index is 0.0331. The van der Waals surface area contributed by atoms with Gasteiger partial charge in [-0.15, -0.1) is 0 Å². The number of carbonyl (C=O) groups excluding carboxylic acids is 1. The number of amides is 1. The van der Waals surface area contributed by atoms with E-state index in [0.717, 1.165) is 44.8 Å². The summed E-state index contributed by atoms with van der Waals surface area (Å²) in [4.78, 5) is 16.3. The van der Waals surface area contributed by atoms with Gasteiger partial charge in [0.05, 0.1) is 0 Å². The summed E-state index contributed by atoms with van der Waals surface area (Å²) in [6, 6.07) is 6.63. The number of halogens is 1. The molecular weight excluding hydrogens is 269 g/mol. The number of nitrogens with zero attached hydrogens (tertiary/aromatic N) is 2. The van der Waals surface area contributed by atoms with Gasteiger partial charge in [0.1, 0.15) is 5.82 Å². The average Bonchev–Trinajstić information content (AvgIpc) is 2.46. The van der Waals surface area contributed by atoms with Crippen LogP contribution in [-0.4, -0.2) is 61.0 Å². The van der Waals surface area contributed by atoms with Gasteiger partial charge in [0, 0.05) is 51.4 Å². The van der Waals surface area contributed by atoms with E-state index < -0.39 is 0 Å². The van der Waals surface area contributed by atoms with E-state index in [4.69, 9.17) is 0 Å². The predicted octanol–water partition coefficient (Wildman–Crippen LogP) is 0.955. The molecule has 0 spiro atoms. The van der Waals surface area contributed by atoms with E-state index in [0.29, 0.717) is 6.04 Å². The van der Waals surface area contributed by atoms with E-state index in [1.165, 1.54) is 12.1 Å². The zero-order valence-corrected chi connectivity index (χ0v) is 12.0. The van der Waals surface area contributed by atoms with Crippen molar-refractivity contribution in [1.82, 2.24) is 15.1 Å². The summed E-state index contributed by atoms with van der Waals surface area (Å²) in [5, 5.41) is 3.33. The van der Waals surface area contributed by atoms with Crippen molar-refractivity contribution in [3.63, 3.8) is 0 Å². The first-order chi connectivity index (χ1) is 10.2. The second kappa shape index (κ2) is 6.37. The highest BCUT2D eigenvalue weighted by molar-refractivity contribution is 5.92. The van der Waals surface area contributed by atoms with Crippen molar-refractivity contribution in [2.75, 3.05) is 39.3 Å². The number of hydrogen-bond acceptors (Lipinski definition) is 3. The Morgan fingerprint density at radius 3 is 2.52 bits per heavy atom. The molecule has 21 heavy (non-hydrogen) atoms. The Morgan fingerprint density at radius 1 is 1.19 bits per heavy atom. The van der Waals surface area contributed by atoms with Crippen LogP contribution in [0.4, 0.5) is 4.39 Å². The van der Waals surface area contributed by atoms with Gasteiger partial charge >= 0.3 is 0 Å². The molecule has 0 radical (unpaired) electrons. The minimum Gasteiger partial charge on any atom is -0.336 e. The standard InChI is InChI=1S/C16H20FN3O/c17-14-4-1-13(2-5-14)3-6-16(21)20-11-15(12-20)19-9-7-18-8-10-19/h1-6,15,18H,7-12H2. The summed E-state index contributed by atoms with van der Waals surface area (Å²) >= 11 is 0. The van der Waals surface area contributed by atoms with Crippen LogP contribution in [0.25, 0.3) is 6.08 Å². The Hall–Kier alpha value is -1.72. The van der Waals surface area contributed by atoms with Crippen LogP contribution in [-0.2, 0) is 4.79 Å². The average molecular weight is 289 g/mol. The molecule has 0 atom stereocenters.